The van der Waals surface area contributed by atoms with Crippen LogP contribution in [0.15, 0.2) is 23.4 Å². The van der Waals surface area contributed by atoms with Crippen molar-refractivity contribution in [1.82, 2.24) is 5.32 Å². The average Bonchev–Trinajstić information content (AvgIpc) is 2.51. The molecule has 2 atom stereocenters. The molecule has 1 saturated carbocycles. The first-order valence-electron chi connectivity index (χ1n) is 7.16. The van der Waals surface area contributed by atoms with Crippen molar-refractivity contribution in [1.29, 1.82) is 0 Å². The maximum absolute atomic E-state index is 13.6. The van der Waals surface area contributed by atoms with Crippen LogP contribution < -0.4 is 11.1 Å². The third-order valence-electron chi connectivity index (χ3n) is 3.92. The van der Waals surface area contributed by atoms with Gasteiger partial charge < -0.3 is 16.3 Å². The van der Waals surface area contributed by atoms with Gasteiger partial charge in [0.1, 0.15) is 5.82 Å². The molecule has 2 rings (SSSR count). The predicted octanol–water partition coefficient (Wildman–Crippen LogP) is 2.68. The topological polar surface area (TPSA) is 70.6 Å². The molecule has 0 spiro atoms. The molecule has 1 aromatic carbocycles. The Bertz CT molecular complexity index is 510. The van der Waals surface area contributed by atoms with Gasteiger partial charge in [-0.2, -0.15) is 11.8 Å². The molecular weight excluding hydrogens is 289 g/mol. The van der Waals surface area contributed by atoms with Crippen LogP contribution in [-0.2, 0) is 6.54 Å². The molecule has 21 heavy (non-hydrogen) atoms. The van der Waals surface area contributed by atoms with Gasteiger partial charge in [0.15, 0.2) is 5.84 Å². The molecule has 0 aliphatic heterocycles. The van der Waals surface area contributed by atoms with Gasteiger partial charge in [-0.25, -0.2) is 4.39 Å². The summed E-state index contributed by atoms with van der Waals surface area (Å²) < 4.78 is 13.6. The molecule has 1 fully saturated rings. The van der Waals surface area contributed by atoms with Crippen molar-refractivity contribution >= 4 is 17.6 Å². The molecule has 0 amide bonds. The zero-order chi connectivity index (χ0) is 15.2. The van der Waals surface area contributed by atoms with E-state index in [4.69, 9.17) is 10.9 Å². The van der Waals surface area contributed by atoms with Crippen LogP contribution in [0.2, 0.25) is 0 Å². The number of thioether (sulfide) groups is 1. The molecule has 116 valence electrons. The van der Waals surface area contributed by atoms with Crippen LogP contribution in [-0.4, -0.2) is 28.6 Å². The minimum atomic E-state index is -0.374. The standard InChI is InChI=1S/C15H22FN3OS/c1-21-14-4-2-3-13(8-14)18-9-10-5-11(15(17)19-20)7-12(16)6-10/h5-7,13-14,18,20H,2-4,8-9H2,1H3,(H2,17,19). The lowest BCUT2D eigenvalue weighted by molar-refractivity contribution is 0.318. The van der Waals surface area contributed by atoms with Crippen molar-refractivity contribution < 1.29 is 9.60 Å². The van der Waals surface area contributed by atoms with E-state index in [0.717, 1.165) is 17.2 Å². The Kier molecular flexibility index (Phi) is 5.87. The molecule has 0 aromatic heterocycles. The zero-order valence-electron chi connectivity index (χ0n) is 12.2. The van der Waals surface area contributed by atoms with Crippen molar-refractivity contribution in [3.8, 4) is 0 Å². The van der Waals surface area contributed by atoms with E-state index in [-0.39, 0.29) is 11.7 Å². The third kappa shape index (κ3) is 4.61. The number of hydrogen-bond acceptors (Lipinski definition) is 4. The van der Waals surface area contributed by atoms with E-state index >= 15 is 0 Å². The second-order valence-corrected chi connectivity index (χ2v) is 6.57. The second-order valence-electron chi connectivity index (χ2n) is 5.44. The van der Waals surface area contributed by atoms with Gasteiger partial charge in [-0.3, -0.25) is 0 Å². The number of amidine groups is 1. The minimum Gasteiger partial charge on any atom is -0.409 e. The number of nitrogens with zero attached hydrogens (tertiary/aromatic N) is 1. The molecule has 0 heterocycles. The molecular formula is C15H22FN3OS. The fraction of sp³-hybridized carbons (Fsp3) is 0.533. The van der Waals surface area contributed by atoms with Gasteiger partial charge >= 0.3 is 0 Å². The van der Waals surface area contributed by atoms with Gasteiger partial charge in [0.05, 0.1) is 0 Å². The van der Waals surface area contributed by atoms with Crippen molar-refractivity contribution in [2.75, 3.05) is 6.26 Å². The monoisotopic (exact) mass is 311 g/mol. The highest BCUT2D eigenvalue weighted by Crippen LogP contribution is 2.27. The van der Waals surface area contributed by atoms with Crippen molar-refractivity contribution in [3.63, 3.8) is 0 Å². The van der Waals surface area contributed by atoms with E-state index in [1.807, 2.05) is 11.8 Å². The fourth-order valence-electron chi connectivity index (χ4n) is 2.76. The average molecular weight is 311 g/mol. The molecule has 4 N–H and O–H groups in total. The largest absolute Gasteiger partial charge is 0.409 e. The third-order valence-corrected chi connectivity index (χ3v) is 5.01. The summed E-state index contributed by atoms with van der Waals surface area (Å²) in [6, 6.07) is 4.98. The summed E-state index contributed by atoms with van der Waals surface area (Å²) in [5.41, 5.74) is 6.73. The highest BCUT2D eigenvalue weighted by molar-refractivity contribution is 7.99. The first-order chi connectivity index (χ1) is 10.1. The number of nitrogens with one attached hydrogen (secondary N) is 1. The lowest BCUT2D eigenvalue weighted by Gasteiger charge is -2.28. The van der Waals surface area contributed by atoms with E-state index in [1.165, 1.54) is 31.4 Å². The maximum atomic E-state index is 13.6. The lowest BCUT2D eigenvalue weighted by Crippen LogP contribution is -2.34. The van der Waals surface area contributed by atoms with Gasteiger partial charge in [0.2, 0.25) is 0 Å². The number of nitrogens with two attached hydrogens (primary N) is 1. The van der Waals surface area contributed by atoms with Crippen molar-refractivity contribution in [3.05, 3.63) is 35.1 Å². The first kappa shape index (κ1) is 16.1. The molecule has 0 bridgehead atoms. The summed E-state index contributed by atoms with van der Waals surface area (Å²) in [6.07, 6.45) is 7.00. The highest BCUT2D eigenvalue weighted by atomic mass is 32.2. The number of oxime groups is 1. The fourth-order valence-corrected chi connectivity index (χ4v) is 3.59. The van der Waals surface area contributed by atoms with Gasteiger partial charge in [0, 0.05) is 23.4 Å². The van der Waals surface area contributed by atoms with Gasteiger partial charge in [-0.1, -0.05) is 11.6 Å². The maximum Gasteiger partial charge on any atom is 0.170 e. The van der Waals surface area contributed by atoms with Crippen LogP contribution in [0.5, 0.6) is 0 Å². The van der Waals surface area contributed by atoms with Crippen molar-refractivity contribution in [2.24, 2.45) is 10.9 Å². The molecule has 1 aliphatic rings. The van der Waals surface area contributed by atoms with Crippen LogP contribution in [0.25, 0.3) is 0 Å². The van der Waals surface area contributed by atoms with Crippen LogP contribution in [0.1, 0.15) is 36.8 Å². The molecule has 2 unspecified atom stereocenters. The van der Waals surface area contributed by atoms with Crippen molar-refractivity contribution in [2.45, 2.75) is 43.5 Å². The summed E-state index contributed by atoms with van der Waals surface area (Å²) in [5, 5.41) is 15.8. The highest BCUT2D eigenvalue weighted by Gasteiger charge is 2.20. The second kappa shape index (κ2) is 7.66. The Balaban J connectivity index is 1.98. The summed E-state index contributed by atoms with van der Waals surface area (Å²) in [7, 11) is 0. The lowest BCUT2D eigenvalue weighted by atomic mass is 9.94. The Morgan fingerprint density at radius 1 is 1.48 bits per heavy atom. The summed E-state index contributed by atoms with van der Waals surface area (Å²) in [4.78, 5) is 0. The predicted molar refractivity (Wildman–Crippen MR) is 85.3 cm³/mol. The van der Waals surface area contributed by atoms with E-state index in [0.29, 0.717) is 18.2 Å². The Hall–Kier alpha value is -1.27. The van der Waals surface area contributed by atoms with E-state index in [1.54, 1.807) is 6.07 Å². The molecule has 4 nitrogen and oxygen atoms in total. The molecule has 1 aromatic rings. The summed E-state index contributed by atoms with van der Waals surface area (Å²) in [6.45, 7) is 0.592. The number of hydrogen-bond donors (Lipinski definition) is 3. The summed E-state index contributed by atoms with van der Waals surface area (Å²) in [5.74, 6) is -0.447. The summed E-state index contributed by atoms with van der Waals surface area (Å²) >= 11 is 1.92. The number of benzene rings is 1. The Labute approximate surface area is 129 Å². The van der Waals surface area contributed by atoms with Crippen LogP contribution in [0.4, 0.5) is 4.39 Å². The Morgan fingerprint density at radius 2 is 2.29 bits per heavy atom. The number of rotatable bonds is 5. The first-order valence-corrected chi connectivity index (χ1v) is 8.44. The SMILES string of the molecule is CSC1CCCC(NCc2cc(F)cc(/C(N)=N/O)c2)C1. The van der Waals surface area contributed by atoms with Gasteiger partial charge in [-0.15, -0.1) is 0 Å². The minimum absolute atomic E-state index is 0.0733. The molecule has 0 radical (unpaired) electrons. The number of halogens is 1. The Morgan fingerprint density at radius 3 is 3.00 bits per heavy atom. The van der Waals surface area contributed by atoms with Crippen LogP contribution in [0, 0.1) is 5.82 Å². The normalized spacial score (nSPS) is 23.2. The molecule has 6 heteroatoms. The van der Waals surface area contributed by atoms with Crippen LogP contribution >= 0.6 is 11.8 Å². The molecule has 1 aliphatic carbocycles. The van der Waals surface area contributed by atoms with E-state index in [2.05, 4.69) is 16.7 Å². The molecule has 0 saturated heterocycles. The van der Waals surface area contributed by atoms with Gasteiger partial charge in [0.25, 0.3) is 0 Å². The van der Waals surface area contributed by atoms with E-state index < -0.39 is 0 Å². The van der Waals surface area contributed by atoms with E-state index in [9.17, 15) is 4.39 Å². The van der Waals surface area contributed by atoms with Crippen LogP contribution in [0.3, 0.4) is 0 Å². The quantitative estimate of drug-likeness (QED) is 0.338. The van der Waals surface area contributed by atoms with Gasteiger partial charge in [-0.05, 0) is 49.3 Å². The smallest absolute Gasteiger partial charge is 0.170 e. The zero-order valence-corrected chi connectivity index (χ0v) is 13.0.